The Balaban J connectivity index is 2.20. The van der Waals surface area contributed by atoms with E-state index < -0.39 is 10.7 Å². The van der Waals surface area contributed by atoms with Crippen LogP contribution in [0.1, 0.15) is 0 Å². The molecule has 7 nitrogen and oxygen atoms in total. The van der Waals surface area contributed by atoms with Crippen LogP contribution in [0.4, 0.5) is 21.5 Å². The van der Waals surface area contributed by atoms with Gasteiger partial charge in [-0.05, 0) is 40.6 Å². The molecule has 1 heterocycles. The van der Waals surface area contributed by atoms with Crippen molar-refractivity contribution in [1.82, 2.24) is 10.3 Å². The Labute approximate surface area is 128 Å². The van der Waals surface area contributed by atoms with E-state index in [0.717, 1.165) is 6.07 Å². The molecule has 1 aromatic heterocycles. The zero-order valence-corrected chi connectivity index (χ0v) is 11.9. The molecule has 0 amide bonds. The summed E-state index contributed by atoms with van der Waals surface area (Å²) in [6.45, 7) is 0. The maximum atomic E-state index is 13.5. The van der Waals surface area contributed by atoms with Crippen molar-refractivity contribution in [2.75, 3.05) is 11.9 Å². The third-order valence-electron chi connectivity index (χ3n) is 3.16. The average Bonchev–Trinajstić information content (AvgIpc) is 2.92. The van der Waals surface area contributed by atoms with Gasteiger partial charge in [-0.15, -0.1) is 0 Å². The molecule has 0 saturated heterocycles. The van der Waals surface area contributed by atoms with E-state index in [1.807, 2.05) is 0 Å². The average molecular weight is 323 g/mol. The van der Waals surface area contributed by atoms with Gasteiger partial charge >= 0.3 is 5.69 Å². The first-order chi connectivity index (χ1) is 10.5. The fourth-order valence-electron chi connectivity index (χ4n) is 2.15. The lowest BCUT2D eigenvalue weighted by atomic mass is 10.2. The van der Waals surface area contributed by atoms with Crippen molar-refractivity contribution in [2.45, 2.75) is 0 Å². The molecule has 0 aliphatic rings. The molecule has 0 atom stereocenters. The number of aromatic nitrogens is 2. The molecule has 22 heavy (non-hydrogen) atoms. The standard InChI is InChI=1S/C13H8ClFN4O3/c1-18(9-5-7(14)4-8(15)6-9)11-3-2-10-12(17-22-16-10)13(11)19(20)21/h2-6H,1H3. The normalized spacial score (nSPS) is 10.9. The van der Waals surface area contributed by atoms with Gasteiger partial charge < -0.3 is 4.90 Å². The van der Waals surface area contributed by atoms with E-state index in [1.54, 1.807) is 7.05 Å². The van der Waals surface area contributed by atoms with Crippen molar-refractivity contribution in [1.29, 1.82) is 0 Å². The van der Waals surface area contributed by atoms with E-state index in [2.05, 4.69) is 14.9 Å². The molecule has 0 aliphatic carbocycles. The van der Waals surface area contributed by atoms with Crippen LogP contribution in [0, 0.1) is 15.9 Å². The third kappa shape index (κ3) is 2.33. The van der Waals surface area contributed by atoms with E-state index in [9.17, 15) is 14.5 Å². The van der Waals surface area contributed by atoms with Gasteiger partial charge in [0.05, 0.1) is 4.92 Å². The van der Waals surface area contributed by atoms with Gasteiger partial charge in [0.2, 0.25) is 5.52 Å². The Morgan fingerprint density at radius 3 is 2.77 bits per heavy atom. The molecular formula is C13H8ClFN4O3. The first-order valence-electron chi connectivity index (χ1n) is 6.07. The number of benzene rings is 2. The second-order valence-corrected chi connectivity index (χ2v) is 4.95. The van der Waals surface area contributed by atoms with E-state index in [-0.39, 0.29) is 27.4 Å². The summed E-state index contributed by atoms with van der Waals surface area (Å²) in [5.74, 6) is -0.541. The van der Waals surface area contributed by atoms with Gasteiger partial charge in [-0.3, -0.25) is 10.1 Å². The lowest BCUT2D eigenvalue weighted by Crippen LogP contribution is -2.12. The van der Waals surface area contributed by atoms with Crippen molar-refractivity contribution in [2.24, 2.45) is 0 Å². The molecule has 0 radical (unpaired) electrons. The highest BCUT2D eigenvalue weighted by molar-refractivity contribution is 6.30. The summed E-state index contributed by atoms with van der Waals surface area (Å²) in [6.07, 6.45) is 0. The van der Waals surface area contributed by atoms with E-state index in [1.165, 1.54) is 29.2 Å². The van der Waals surface area contributed by atoms with Crippen LogP contribution in [-0.2, 0) is 0 Å². The number of nitro groups is 1. The summed E-state index contributed by atoms with van der Waals surface area (Å²) in [4.78, 5) is 12.2. The predicted molar refractivity (Wildman–Crippen MR) is 77.9 cm³/mol. The van der Waals surface area contributed by atoms with Crippen LogP contribution in [0.3, 0.4) is 0 Å². The van der Waals surface area contributed by atoms with E-state index in [4.69, 9.17) is 11.6 Å². The van der Waals surface area contributed by atoms with Gasteiger partial charge in [0.15, 0.2) is 0 Å². The highest BCUT2D eigenvalue weighted by Crippen LogP contribution is 2.37. The zero-order chi connectivity index (χ0) is 15.9. The summed E-state index contributed by atoms with van der Waals surface area (Å²) < 4.78 is 18.0. The largest absolute Gasteiger partial charge is 0.339 e. The molecule has 3 rings (SSSR count). The molecule has 0 unspecified atom stereocenters. The van der Waals surface area contributed by atoms with E-state index in [0.29, 0.717) is 5.69 Å². The lowest BCUT2D eigenvalue weighted by molar-refractivity contribution is -0.382. The molecule has 0 N–H and O–H groups in total. The Hall–Kier alpha value is -2.74. The van der Waals surface area contributed by atoms with Crippen LogP contribution in [0.2, 0.25) is 5.02 Å². The second kappa shape index (κ2) is 5.23. The van der Waals surface area contributed by atoms with Crippen molar-refractivity contribution in [3.8, 4) is 0 Å². The van der Waals surface area contributed by atoms with Gasteiger partial charge in [-0.1, -0.05) is 11.6 Å². The summed E-state index contributed by atoms with van der Waals surface area (Å²) in [7, 11) is 1.56. The summed E-state index contributed by atoms with van der Waals surface area (Å²) in [5.41, 5.74) is 0.596. The lowest BCUT2D eigenvalue weighted by Gasteiger charge is -2.19. The smallest absolute Gasteiger partial charge is 0.324 e. The fraction of sp³-hybridized carbons (Fsp3) is 0.0769. The topological polar surface area (TPSA) is 85.3 Å². The highest BCUT2D eigenvalue weighted by Gasteiger charge is 2.25. The fourth-order valence-corrected chi connectivity index (χ4v) is 2.37. The number of hydrogen-bond donors (Lipinski definition) is 0. The van der Waals surface area contributed by atoms with E-state index >= 15 is 0 Å². The van der Waals surface area contributed by atoms with Gasteiger partial charge in [-0.2, -0.15) is 0 Å². The van der Waals surface area contributed by atoms with Crippen molar-refractivity contribution in [3.05, 3.63) is 51.3 Å². The first kappa shape index (κ1) is 14.2. The Bertz CT molecular complexity index is 863. The molecule has 2 aromatic carbocycles. The monoisotopic (exact) mass is 322 g/mol. The Morgan fingerprint density at radius 2 is 2.09 bits per heavy atom. The van der Waals surface area contributed by atoms with Crippen molar-refractivity contribution >= 4 is 39.7 Å². The van der Waals surface area contributed by atoms with Gasteiger partial charge in [0.1, 0.15) is 17.0 Å². The molecule has 0 bridgehead atoms. The molecule has 3 aromatic rings. The Kier molecular flexibility index (Phi) is 3.38. The number of anilines is 2. The SMILES string of the molecule is CN(c1cc(F)cc(Cl)c1)c1ccc2nonc2c1[N+](=O)[O-]. The maximum Gasteiger partial charge on any atom is 0.324 e. The van der Waals surface area contributed by atoms with Gasteiger partial charge in [-0.25, -0.2) is 9.02 Å². The number of nitro benzene ring substituents is 1. The summed E-state index contributed by atoms with van der Waals surface area (Å²) >= 11 is 5.82. The van der Waals surface area contributed by atoms with Gasteiger partial charge in [0.25, 0.3) is 0 Å². The molecular weight excluding hydrogens is 315 g/mol. The first-order valence-corrected chi connectivity index (χ1v) is 6.44. The minimum Gasteiger partial charge on any atom is -0.339 e. The Morgan fingerprint density at radius 1 is 1.32 bits per heavy atom. The second-order valence-electron chi connectivity index (χ2n) is 4.51. The number of halogens is 2. The highest BCUT2D eigenvalue weighted by atomic mass is 35.5. The number of nitrogens with zero attached hydrogens (tertiary/aromatic N) is 4. The molecule has 0 aliphatic heterocycles. The van der Waals surface area contributed by atoms with Crippen molar-refractivity contribution in [3.63, 3.8) is 0 Å². The van der Waals surface area contributed by atoms with Crippen LogP contribution >= 0.6 is 11.6 Å². The van der Waals surface area contributed by atoms with Crippen LogP contribution in [-0.4, -0.2) is 22.3 Å². The number of fused-ring (bicyclic) bond motifs is 1. The molecule has 0 spiro atoms. The quantitative estimate of drug-likeness (QED) is 0.540. The maximum absolute atomic E-state index is 13.5. The molecule has 0 fully saturated rings. The number of rotatable bonds is 3. The minimum absolute atomic E-state index is 0.0249. The van der Waals surface area contributed by atoms with Crippen LogP contribution in [0.15, 0.2) is 35.0 Å². The van der Waals surface area contributed by atoms with Crippen LogP contribution < -0.4 is 4.90 Å². The van der Waals surface area contributed by atoms with Crippen LogP contribution in [0.25, 0.3) is 11.0 Å². The van der Waals surface area contributed by atoms with Gasteiger partial charge in [0, 0.05) is 17.8 Å². The third-order valence-corrected chi connectivity index (χ3v) is 3.38. The number of hydrogen-bond acceptors (Lipinski definition) is 6. The molecule has 9 heteroatoms. The van der Waals surface area contributed by atoms with Crippen LogP contribution in [0.5, 0.6) is 0 Å². The predicted octanol–water partition coefficient (Wildman–Crippen LogP) is 3.69. The zero-order valence-electron chi connectivity index (χ0n) is 11.2. The minimum atomic E-state index is -0.584. The molecule has 0 saturated carbocycles. The molecule has 112 valence electrons. The summed E-state index contributed by atoms with van der Waals surface area (Å²) in [6, 6.07) is 6.90. The summed E-state index contributed by atoms with van der Waals surface area (Å²) in [5, 5.41) is 18.7. The van der Waals surface area contributed by atoms with Crippen molar-refractivity contribution < 1.29 is 13.9 Å².